The van der Waals surface area contributed by atoms with Crippen molar-refractivity contribution in [3.63, 3.8) is 0 Å². The quantitative estimate of drug-likeness (QED) is 0.662. The lowest BCUT2D eigenvalue weighted by molar-refractivity contribution is -0.0602. The van der Waals surface area contributed by atoms with Crippen LogP contribution in [0.15, 0.2) is 47.5 Å². The molecular weight excluding hydrogens is 398 g/mol. The van der Waals surface area contributed by atoms with Gasteiger partial charge in [-0.3, -0.25) is 19.4 Å². The predicted molar refractivity (Wildman–Crippen MR) is 129 cm³/mol. The zero-order valence-electron chi connectivity index (χ0n) is 19.6. The average Bonchev–Trinajstić information content (AvgIpc) is 3.14. The molecule has 1 aromatic carbocycles. The maximum Gasteiger partial charge on any atom is 0.326 e. The summed E-state index contributed by atoms with van der Waals surface area (Å²) in [4.78, 5) is 25.6. The van der Waals surface area contributed by atoms with Crippen LogP contribution in [0.25, 0.3) is 11.0 Å². The summed E-state index contributed by atoms with van der Waals surface area (Å²) >= 11 is 0. The number of fused-ring (bicyclic) bond motifs is 1. The van der Waals surface area contributed by atoms with Crippen LogP contribution in [-0.4, -0.2) is 50.1 Å². The molecule has 1 unspecified atom stereocenters. The second kappa shape index (κ2) is 8.49. The van der Waals surface area contributed by atoms with Gasteiger partial charge in [0, 0.05) is 43.6 Å². The van der Waals surface area contributed by atoms with E-state index in [2.05, 4.69) is 64.8 Å². The smallest absolute Gasteiger partial charge is 0.306 e. The molecular formula is C26H35N5O. The molecule has 0 bridgehead atoms. The van der Waals surface area contributed by atoms with Gasteiger partial charge in [-0.25, -0.2) is 4.79 Å². The van der Waals surface area contributed by atoms with E-state index in [4.69, 9.17) is 0 Å². The fourth-order valence-corrected chi connectivity index (χ4v) is 5.89. The molecule has 2 fully saturated rings. The molecule has 2 aliphatic rings. The van der Waals surface area contributed by atoms with Crippen molar-refractivity contribution in [1.82, 2.24) is 24.3 Å². The number of hydrogen-bond donors (Lipinski definition) is 1. The molecule has 1 N–H and O–H groups in total. The first-order valence-electron chi connectivity index (χ1n) is 12.1. The Bertz CT molecular complexity index is 1120. The van der Waals surface area contributed by atoms with Crippen LogP contribution in [0.5, 0.6) is 0 Å². The van der Waals surface area contributed by atoms with Gasteiger partial charge in [0.2, 0.25) is 0 Å². The van der Waals surface area contributed by atoms with Crippen LogP contribution in [0.2, 0.25) is 0 Å². The Hall–Kier alpha value is -2.44. The van der Waals surface area contributed by atoms with Crippen LogP contribution in [-0.2, 0) is 5.54 Å². The van der Waals surface area contributed by atoms with Crippen molar-refractivity contribution in [2.24, 2.45) is 0 Å². The zero-order chi connectivity index (χ0) is 22.3. The minimum absolute atomic E-state index is 0.0288. The second-order valence-corrected chi connectivity index (χ2v) is 10.1. The highest BCUT2D eigenvalue weighted by atomic mass is 16.1. The standard InChI is InChI=1S/C26H35N5O/c1-19-9-10-23-22(17-19)28-25(32)31(23)21-11-15-29(16-12-21)24-8-4-5-14-30(24)26(2,3)20-7-6-13-27-18-20/h6-7,9-10,13,17-18,21,24H,4-5,8,11-12,14-16H2,1-3H3,(H,28,32). The number of imidazole rings is 1. The van der Waals surface area contributed by atoms with E-state index in [1.165, 1.54) is 30.4 Å². The maximum absolute atomic E-state index is 12.8. The molecule has 170 valence electrons. The van der Waals surface area contributed by atoms with Gasteiger partial charge in [0.25, 0.3) is 0 Å². The van der Waals surface area contributed by atoms with Crippen molar-refractivity contribution in [3.8, 4) is 0 Å². The zero-order valence-corrected chi connectivity index (χ0v) is 19.6. The van der Waals surface area contributed by atoms with Crippen LogP contribution in [0, 0.1) is 6.92 Å². The Morgan fingerprint density at radius 1 is 1.06 bits per heavy atom. The number of rotatable bonds is 4. The molecule has 0 amide bonds. The highest BCUT2D eigenvalue weighted by Gasteiger charge is 2.39. The number of piperidine rings is 2. The van der Waals surface area contributed by atoms with Crippen molar-refractivity contribution < 1.29 is 0 Å². The summed E-state index contributed by atoms with van der Waals surface area (Å²) in [7, 11) is 0. The van der Waals surface area contributed by atoms with Crippen molar-refractivity contribution in [2.75, 3.05) is 19.6 Å². The molecule has 6 nitrogen and oxygen atoms in total. The van der Waals surface area contributed by atoms with E-state index in [-0.39, 0.29) is 17.3 Å². The summed E-state index contributed by atoms with van der Waals surface area (Å²) < 4.78 is 2.00. The molecule has 6 heteroatoms. The largest absolute Gasteiger partial charge is 0.326 e. The van der Waals surface area contributed by atoms with Gasteiger partial charge >= 0.3 is 5.69 Å². The van der Waals surface area contributed by atoms with Crippen LogP contribution < -0.4 is 5.69 Å². The van der Waals surface area contributed by atoms with Crippen LogP contribution >= 0.6 is 0 Å². The first-order valence-corrected chi connectivity index (χ1v) is 12.1. The third kappa shape index (κ3) is 3.80. The molecule has 2 aliphatic heterocycles. The average molecular weight is 434 g/mol. The molecule has 3 aromatic rings. The van der Waals surface area contributed by atoms with Gasteiger partial charge in [-0.05, 0) is 82.2 Å². The Labute approximate surface area is 190 Å². The van der Waals surface area contributed by atoms with Gasteiger partial charge in [0.05, 0.1) is 17.2 Å². The normalized spacial score (nSPS) is 21.9. The molecule has 0 radical (unpaired) electrons. The van der Waals surface area contributed by atoms with Crippen LogP contribution in [0.1, 0.15) is 63.1 Å². The summed E-state index contributed by atoms with van der Waals surface area (Å²) in [5.74, 6) is 0. The first kappa shape index (κ1) is 21.4. The van der Waals surface area contributed by atoms with E-state index in [0.29, 0.717) is 6.17 Å². The minimum atomic E-state index is -0.0537. The fourth-order valence-electron chi connectivity index (χ4n) is 5.89. The molecule has 5 rings (SSSR count). The van der Waals surface area contributed by atoms with Crippen LogP contribution in [0.3, 0.4) is 0 Å². The molecule has 4 heterocycles. The summed E-state index contributed by atoms with van der Waals surface area (Å²) in [5, 5.41) is 0. The van der Waals surface area contributed by atoms with Gasteiger partial charge in [-0.2, -0.15) is 0 Å². The van der Waals surface area contributed by atoms with Crippen molar-refractivity contribution >= 4 is 11.0 Å². The number of aromatic amines is 1. The molecule has 1 atom stereocenters. The highest BCUT2D eigenvalue weighted by Crippen LogP contribution is 2.36. The number of aryl methyl sites for hydroxylation is 1. The van der Waals surface area contributed by atoms with Gasteiger partial charge in [0.15, 0.2) is 0 Å². The molecule has 0 spiro atoms. The molecule has 2 saturated heterocycles. The predicted octanol–water partition coefficient (Wildman–Crippen LogP) is 4.42. The molecule has 0 saturated carbocycles. The fraction of sp³-hybridized carbons (Fsp3) is 0.538. The Kier molecular flexibility index (Phi) is 5.68. The van der Waals surface area contributed by atoms with E-state index < -0.39 is 0 Å². The number of aromatic nitrogens is 3. The number of pyridine rings is 1. The van der Waals surface area contributed by atoms with E-state index in [0.717, 1.165) is 43.5 Å². The monoisotopic (exact) mass is 433 g/mol. The van der Waals surface area contributed by atoms with Gasteiger partial charge in [-0.15, -0.1) is 0 Å². The third-order valence-corrected chi connectivity index (χ3v) is 7.71. The van der Waals surface area contributed by atoms with Gasteiger partial charge in [0.1, 0.15) is 0 Å². The van der Waals surface area contributed by atoms with E-state index in [9.17, 15) is 4.79 Å². The lowest BCUT2D eigenvalue weighted by Crippen LogP contribution is -2.59. The topological polar surface area (TPSA) is 57.2 Å². The Balaban J connectivity index is 1.34. The minimum Gasteiger partial charge on any atom is -0.306 e. The molecule has 32 heavy (non-hydrogen) atoms. The van der Waals surface area contributed by atoms with Gasteiger partial charge < -0.3 is 4.98 Å². The number of benzene rings is 1. The SMILES string of the molecule is Cc1ccc2c(c1)[nH]c(=O)n2C1CCN(C2CCCCN2C(C)(C)c2cccnc2)CC1. The first-order chi connectivity index (χ1) is 15.4. The third-order valence-electron chi connectivity index (χ3n) is 7.71. The number of nitrogens with one attached hydrogen (secondary N) is 1. The van der Waals surface area contributed by atoms with E-state index in [1.807, 2.05) is 23.0 Å². The van der Waals surface area contributed by atoms with E-state index >= 15 is 0 Å². The summed E-state index contributed by atoms with van der Waals surface area (Å²) in [6.45, 7) is 9.91. The lowest BCUT2D eigenvalue weighted by Gasteiger charge is -2.51. The summed E-state index contributed by atoms with van der Waals surface area (Å²) in [6, 6.07) is 10.8. The number of nitrogens with zero attached hydrogens (tertiary/aromatic N) is 4. The number of likely N-dealkylation sites (tertiary alicyclic amines) is 2. The van der Waals surface area contributed by atoms with E-state index in [1.54, 1.807) is 0 Å². The summed E-state index contributed by atoms with van der Waals surface area (Å²) in [5.41, 5.74) is 4.42. The second-order valence-electron chi connectivity index (χ2n) is 10.1. The maximum atomic E-state index is 12.8. The highest BCUT2D eigenvalue weighted by molar-refractivity contribution is 5.76. The van der Waals surface area contributed by atoms with Crippen LogP contribution in [0.4, 0.5) is 0 Å². The number of H-pyrrole nitrogens is 1. The molecule has 2 aromatic heterocycles. The van der Waals surface area contributed by atoms with Gasteiger partial charge in [-0.1, -0.05) is 12.1 Å². The number of hydrogen-bond acceptors (Lipinski definition) is 4. The Morgan fingerprint density at radius 2 is 1.88 bits per heavy atom. The Morgan fingerprint density at radius 3 is 2.62 bits per heavy atom. The van der Waals surface area contributed by atoms with Crippen molar-refractivity contribution in [3.05, 3.63) is 64.3 Å². The molecule has 0 aliphatic carbocycles. The lowest BCUT2D eigenvalue weighted by atomic mass is 9.89. The van der Waals surface area contributed by atoms with Crippen molar-refractivity contribution in [2.45, 2.75) is 70.6 Å². The summed E-state index contributed by atoms with van der Waals surface area (Å²) in [6.07, 6.45) is 10.1. The van der Waals surface area contributed by atoms with Crippen molar-refractivity contribution in [1.29, 1.82) is 0 Å².